The molecule has 1 unspecified atom stereocenters. The zero-order valence-electron chi connectivity index (χ0n) is 11.5. The van der Waals surface area contributed by atoms with E-state index in [9.17, 15) is 9.18 Å². The molecule has 1 rings (SSSR count). The molecule has 1 atom stereocenters. The molecule has 0 aliphatic carbocycles. The van der Waals surface area contributed by atoms with Gasteiger partial charge in [-0.05, 0) is 42.5 Å². The average molecular weight is 262 g/mol. The number of rotatable bonds is 5. The predicted molar refractivity (Wildman–Crippen MR) is 71.8 cm³/mol. The van der Waals surface area contributed by atoms with Crippen LogP contribution in [0.15, 0.2) is 18.2 Å². The largest absolute Gasteiger partial charge is 0.355 e. The Kier molecular flexibility index (Phi) is 5.50. The quantitative estimate of drug-likeness (QED) is 0.886. The lowest BCUT2D eigenvalue weighted by Gasteiger charge is -2.13. The van der Waals surface area contributed by atoms with Gasteiger partial charge in [-0.3, -0.25) is 4.79 Å². The molecular formula is C15H19FN2O. The van der Waals surface area contributed by atoms with Crippen molar-refractivity contribution in [3.8, 4) is 6.07 Å². The molecule has 102 valence electrons. The monoisotopic (exact) mass is 262 g/mol. The highest BCUT2D eigenvalue weighted by Gasteiger charge is 2.20. The van der Waals surface area contributed by atoms with Crippen LogP contribution in [0.1, 0.15) is 25.0 Å². The first-order valence-corrected chi connectivity index (χ1v) is 6.38. The van der Waals surface area contributed by atoms with Gasteiger partial charge in [0.1, 0.15) is 11.7 Å². The number of carbonyl (C=O) groups is 1. The van der Waals surface area contributed by atoms with Gasteiger partial charge < -0.3 is 5.32 Å². The highest BCUT2D eigenvalue weighted by atomic mass is 19.1. The molecule has 4 heteroatoms. The van der Waals surface area contributed by atoms with Crippen LogP contribution in [0, 0.1) is 35.9 Å². The molecule has 1 amide bonds. The average Bonchev–Trinajstić information content (AvgIpc) is 2.32. The number of nitriles is 1. The summed E-state index contributed by atoms with van der Waals surface area (Å²) in [5.41, 5.74) is 1.87. The minimum atomic E-state index is -0.616. The van der Waals surface area contributed by atoms with Crippen molar-refractivity contribution in [2.45, 2.75) is 27.2 Å². The molecule has 1 aromatic rings. The van der Waals surface area contributed by atoms with Crippen LogP contribution in [0.25, 0.3) is 0 Å². The molecule has 0 fully saturated rings. The Bertz CT molecular complexity index is 491. The summed E-state index contributed by atoms with van der Waals surface area (Å²) >= 11 is 0. The van der Waals surface area contributed by atoms with E-state index >= 15 is 0 Å². The van der Waals surface area contributed by atoms with Crippen LogP contribution in [0.4, 0.5) is 4.39 Å². The molecule has 0 saturated carbocycles. The van der Waals surface area contributed by atoms with Crippen LogP contribution >= 0.6 is 0 Å². The van der Waals surface area contributed by atoms with E-state index in [1.807, 2.05) is 26.8 Å². The second-order valence-corrected chi connectivity index (χ2v) is 4.96. The van der Waals surface area contributed by atoms with Crippen LogP contribution in [-0.2, 0) is 11.2 Å². The van der Waals surface area contributed by atoms with E-state index < -0.39 is 5.92 Å². The Balaban J connectivity index is 2.50. The summed E-state index contributed by atoms with van der Waals surface area (Å²) in [6, 6.07) is 6.62. The summed E-state index contributed by atoms with van der Waals surface area (Å²) in [6.45, 7) is 5.98. The molecule has 0 radical (unpaired) electrons. The van der Waals surface area contributed by atoms with E-state index in [4.69, 9.17) is 5.26 Å². The summed E-state index contributed by atoms with van der Waals surface area (Å²) in [5, 5.41) is 11.7. The summed E-state index contributed by atoms with van der Waals surface area (Å²) in [4.78, 5) is 11.8. The Hall–Kier alpha value is -1.89. The lowest BCUT2D eigenvalue weighted by Crippen LogP contribution is -2.34. The van der Waals surface area contributed by atoms with Crippen molar-refractivity contribution < 1.29 is 9.18 Å². The van der Waals surface area contributed by atoms with Crippen molar-refractivity contribution in [2.24, 2.45) is 11.8 Å². The van der Waals surface area contributed by atoms with Gasteiger partial charge in [-0.1, -0.05) is 19.9 Å². The Morgan fingerprint density at radius 3 is 2.68 bits per heavy atom. The van der Waals surface area contributed by atoms with Crippen molar-refractivity contribution in [3.63, 3.8) is 0 Å². The third-order valence-corrected chi connectivity index (χ3v) is 3.09. The van der Waals surface area contributed by atoms with Crippen LogP contribution in [0.3, 0.4) is 0 Å². The summed E-state index contributed by atoms with van der Waals surface area (Å²) in [7, 11) is 0. The summed E-state index contributed by atoms with van der Waals surface area (Å²) in [6.07, 6.45) is 0.633. The molecule has 1 aromatic carbocycles. The standard InChI is InChI=1S/C15H19FN2O/c1-10(2)14(9-17)15(19)18-7-6-12-4-5-13(16)8-11(12)3/h4-5,8,10,14H,6-7H2,1-3H3,(H,18,19). The van der Waals surface area contributed by atoms with E-state index in [0.717, 1.165) is 11.1 Å². The molecule has 1 N–H and O–H groups in total. The van der Waals surface area contributed by atoms with Crippen molar-refractivity contribution in [1.82, 2.24) is 5.32 Å². The normalized spacial score (nSPS) is 12.0. The summed E-state index contributed by atoms with van der Waals surface area (Å²) < 4.78 is 12.9. The maximum atomic E-state index is 12.9. The van der Waals surface area contributed by atoms with Crippen molar-refractivity contribution in [3.05, 3.63) is 35.1 Å². The number of nitrogens with zero attached hydrogens (tertiary/aromatic N) is 1. The smallest absolute Gasteiger partial charge is 0.237 e. The molecule has 19 heavy (non-hydrogen) atoms. The molecule has 0 heterocycles. The number of hydrogen-bond donors (Lipinski definition) is 1. The van der Waals surface area contributed by atoms with Crippen LogP contribution < -0.4 is 5.32 Å². The Morgan fingerprint density at radius 2 is 2.16 bits per heavy atom. The fraction of sp³-hybridized carbons (Fsp3) is 0.467. The third-order valence-electron chi connectivity index (χ3n) is 3.09. The minimum Gasteiger partial charge on any atom is -0.355 e. The maximum absolute atomic E-state index is 12.9. The number of nitrogens with one attached hydrogen (secondary N) is 1. The van der Waals surface area contributed by atoms with Gasteiger partial charge in [-0.15, -0.1) is 0 Å². The van der Waals surface area contributed by atoms with E-state index in [0.29, 0.717) is 13.0 Å². The second kappa shape index (κ2) is 6.89. The van der Waals surface area contributed by atoms with E-state index in [-0.39, 0.29) is 17.6 Å². The van der Waals surface area contributed by atoms with Gasteiger partial charge in [0.25, 0.3) is 0 Å². The van der Waals surface area contributed by atoms with Crippen molar-refractivity contribution in [1.29, 1.82) is 5.26 Å². The highest BCUT2D eigenvalue weighted by molar-refractivity contribution is 5.81. The number of hydrogen-bond acceptors (Lipinski definition) is 2. The second-order valence-electron chi connectivity index (χ2n) is 4.96. The van der Waals surface area contributed by atoms with Crippen LogP contribution in [0.5, 0.6) is 0 Å². The highest BCUT2D eigenvalue weighted by Crippen LogP contribution is 2.11. The van der Waals surface area contributed by atoms with Gasteiger partial charge in [0.2, 0.25) is 5.91 Å². The fourth-order valence-electron chi connectivity index (χ4n) is 1.88. The van der Waals surface area contributed by atoms with Crippen LogP contribution in [0.2, 0.25) is 0 Å². The third kappa shape index (κ3) is 4.36. The minimum absolute atomic E-state index is 0.00226. The van der Waals surface area contributed by atoms with Gasteiger partial charge in [-0.2, -0.15) is 5.26 Å². The van der Waals surface area contributed by atoms with E-state index in [2.05, 4.69) is 5.32 Å². The molecule has 0 saturated heterocycles. The van der Waals surface area contributed by atoms with Gasteiger partial charge >= 0.3 is 0 Å². The first-order valence-electron chi connectivity index (χ1n) is 6.38. The zero-order valence-corrected chi connectivity index (χ0v) is 11.5. The first-order chi connectivity index (χ1) is 8.95. The van der Waals surface area contributed by atoms with Gasteiger partial charge in [-0.25, -0.2) is 4.39 Å². The lowest BCUT2D eigenvalue weighted by molar-refractivity contribution is -0.124. The molecule has 3 nitrogen and oxygen atoms in total. The van der Waals surface area contributed by atoms with E-state index in [1.165, 1.54) is 12.1 Å². The molecular weight excluding hydrogens is 243 g/mol. The number of benzene rings is 1. The zero-order chi connectivity index (χ0) is 14.4. The van der Waals surface area contributed by atoms with Crippen molar-refractivity contribution >= 4 is 5.91 Å². The summed E-state index contributed by atoms with van der Waals surface area (Å²) in [5.74, 6) is -1.11. The van der Waals surface area contributed by atoms with Gasteiger partial charge in [0, 0.05) is 6.54 Å². The molecule has 0 aliphatic heterocycles. The van der Waals surface area contributed by atoms with Crippen molar-refractivity contribution in [2.75, 3.05) is 6.54 Å². The number of aryl methyl sites for hydroxylation is 1. The van der Waals surface area contributed by atoms with Crippen LogP contribution in [-0.4, -0.2) is 12.5 Å². The topological polar surface area (TPSA) is 52.9 Å². The Morgan fingerprint density at radius 1 is 1.47 bits per heavy atom. The SMILES string of the molecule is Cc1cc(F)ccc1CCNC(=O)C(C#N)C(C)C. The number of amides is 1. The first kappa shape index (κ1) is 15.2. The number of carbonyl (C=O) groups excluding carboxylic acids is 1. The number of halogens is 1. The van der Waals surface area contributed by atoms with Gasteiger partial charge in [0.05, 0.1) is 6.07 Å². The Labute approximate surface area is 113 Å². The lowest BCUT2D eigenvalue weighted by atomic mass is 9.96. The molecule has 0 aliphatic rings. The predicted octanol–water partition coefficient (Wildman–Crippen LogP) is 2.59. The van der Waals surface area contributed by atoms with Gasteiger partial charge in [0.15, 0.2) is 0 Å². The maximum Gasteiger partial charge on any atom is 0.237 e. The molecule has 0 aromatic heterocycles. The fourth-order valence-corrected chi connectivity index (χ4v) is 1.88. The molecule has 0 spiro atoms. The molecule has 0 bridgehead atoms. The van der Waals surface area contributed by atoms with E-state index in [1.54, 1.807) is 6.07 Å².